The molecule has 154 valence electrons. The Hall–Kier alpha value is -2.76. The number of aromatic nitrogens is 1. The van der Waals surface area contributed by atoms with E-state index in [2.05, 4.69) is 21.3 Å². The van der Waals surface area contributed by atoms with Crippen LogP contribution in [-0.2, 0) is 10.2 Å². The van der Waals surface area contributed by atoms with Crippen molar-refractivity contribution in [3.8, 4) is 11.5 Å². The minimum atomic E-state index is -0.648. The first-order valence-corrected chi connectivity index (χ1v) is 10.3. The highest BCUT2D eigenvalue weighted by molar-refractivity contribution is 5.87. The van der Waals surface area contributed by atoms with Crippen molar-refractivity contribution in [1.82, 2.24) is 10.3 Å². The lowest BCUT2D eigenvalue weighted by Gasteiger charge is -2.35. The van der Waals surface area contributed by atoms with E-state index in [-0.39, 0.29) is 11.9 Å². The van der Waals surface area contributed by atoms with E-state index in [1.807, 2.05) is 51.1 Å². The van der Waals surface area contributed by atoms with Gasteiger partial charge in [0.25, 0.3) is 0 Å². The first kappa shape index (κ1) is 19.6. The Kier molecular flexibility index (Phi) is 5.35. The highest BCUT2D eigenvalue weighted by Crippen LogP contribution is 2.35. The molecule has 6 heteroatoms. The number of rotatable bonds is 4. The SMILES string of the molecule is Cc1cccc(N2CCC(NC(=O)C(C)(C)c3ccc4c(c3)OCCO4)CC2)n1. The molecule has 1 N–H and O–H groups in total. The molecular formula is C23H29N3O3. The van der Waals surface area contributed by atoms with E-state index in [1.165, 1.54) is 0 Å². The lowest BCUT2D eigenvalue weighted by Crippen LogP contribution is -2.49. The second-order valence-corrected chi connectivity index (χ2v) is 8.36. The number of hydrogen-bond acceptors (Lipinski definition) is 5. The Morgan fingerprint density at radius 1 is 1.10 bits per heavy atom. The number of pyridine rings is 1. The molecule has 0 radical (unpaired) electrons. The van der Waals surface area contributed by atoms with Crippen molar-refractivity contribution < 1.29 is 14.3 Å². The van der Waals surface area contributed by atoms with Gasteiger partial charge in [-0.15, -0.1) is 0 Å². The van der Waals surface area contributed by atoms with Gasteiger partial charge in [-0.3, -0.25) is 4.79 Å². The van der Waals surface area contributed by atoms with E-state index < -0.39 is 5.41 Å². The van der Waals surface area contributed by atoms with Crippen molar-refractivity contribution in [2.24, 2.45) is 0 Å². The first-order chi connectivity index (χ1) is 13.9. The van der Waals surface area contributed by atoms with Crippen LogP contribution in [0, 0.1) is 6.92 Å². The average molecular weight is 396 g/mol. The Bertz CT molecular complexity index is 889. The Balaban J connectivity index is 1.38. The molecule has 29 heavy (non-hydrogen) atoms. The monoisotopic (exact) mass is 395 g/mol. The summed E-state index contributed by atoms with van der Waals surface area (Å²) in [5.41, 5.74) is 1.31. The summed E-state index contributed by atoms with van der Waals surface area (Å²) < 4.78 is 11.3. The molecule has 0 aliphatic carbocycles. The third-order valence-corrected chi connectivity index (χ3v) is 5.86. The predicted octanol–water partition coefficient (Wildman–Crippen LogP) is 3.22. The molecule has 3 heterocycles. The number of ether oxygens (including phenoxy) is 2. The average Bonchev–Trinajstić information content (AvgIpc) is 2.74. The number of benzene rings is 1. The largest absolute Gasteiger partial charge is 0.486 e. The maximum Gasteiger partial charge on any atom is 0.230 e. The summed E-state index contributed by atoms with van der Waals surface area (Å²) >= 11 is 0. The third kappa shape index (κ3) is 4.16. The quantitative estimate of drug-likeness (QED) is 0.861. The van der Waals surface area contributed by atoms with Crippen LogP contribution in [0.4, 0.5) is 5.82 Å². The number of anilines is 1. The highest BCUT2D eigenvalue weighted by atomic mass is 16.6. The van der Waals surface area contributed by atoms with E-state index in [0.717, 1.165) is 48.8 Å². The fraction of sp³-hybridized carbons (Fsp3) is 0.478. The van der Waals surface area contributed by atoms with Crippen LogP contribution in [0.25, 0.3) is 0 Å². The third-order valence-electron chi connectivity index (χ3n) is 5.86. The number of amides is 1. The van der Waals surface area contributed by atoms with Gasteiger partial charge in [0.2, 0.25) is 5.91 Å². The van der Waals surface area contributed by atoms with E-state index in [0.29, 0.717) is 19.0 Å². The second kappa shape index (κ2) is 7.93. The zero-order valence-electron chi connectivity index (χ0n) is 17.4. The summed E-state index contributed by atoms with van der Waals surface area (Å²) in [5, 5.41) is 3.26. The zero-order valence-corrected chi connectivity index (χ0v) is 17.4. The molecule has 4 rings (SSSR count). The molecule has 6 nitrogen and oxygen atoms in total. The molecule has 0 spiro atoms. The van der Waals surface area contributed by atoms with Gasteiger partial charge in [-0.25, -0.2) is 4.98 Å². The number of nitrogens with one attached hydrogen (secondary N) is 1. The van der Waals surface area contributed by atoms with Crippen LogP contribution >= 0.6 is 0 Å². The molecule has 1 fully saturated rings. The summed E-state index contributed by atoms with van der Waals surface area (Å²) in [7, 11) is 0. The van der Waals surface area contributed by atoms with E-state index >= 15 is 0 Å². The van der Waals surface area contributed by atoms with E-state index in [1.54, 1.807) is 0 Å². The van der Waals surface area contributed by atoms with Crippen molar-refractivity contribution in [1.29, 1.82) is 0 Å². The van der Waals surface area contributed by atoms with Crippen molar-refractivity contribution in [3.63, 3.8) is 0 Å². The molecule has 0 saturated carbocycles. The van der Waals surface area contributed by atoms with Gasteiger partial charge < -0.3 is 19.7 Å². The molecule has 2 aliphatic rings. The predicted molar refractivity (Wildman–Crippen MR) is 113 cm³/mol. The van der Waals surface area contributed by atoms with Crippen LogP contribution < -0.4 is 19.7 Å². The van der Waals surface area contributed by atoms with Gasteiger partial charge in [0, 0.05) is 24.8 Å². The van der Waals surface area contributed by atoms with E-state index in [9.17, 15) is 4.79 Å². The van der Waals surface area contributed by atoms with Gasteiger partial charge in [0.05, 0.1) is 5.41 Å². The molecule has 0 bridgehead atoms. The second-order valence-electron chi connectivity index (χ2n) is 8.36. The smallest absolute Gasteiger partial charge is 0.230 e. The number of nitrogens with zero attached hydrogens (tertiary/aromatic N) is 2. The van der Waals surface area contributed by atoms with Crippen LogP contribution in [0.5, 0.6) is 11.5 Å². The number of fused-ring (bicyclic) bond motifs is 1. The Morgan fingerprint density at radius 3 is 2.55 bits per heavy atom. The lowest BCUT2D eigenvalue weighted by molar-refractivity contribution is -0.126. The number of hydrogen-bond donors (Lipinski definition) is 1. The molecule has 1 aromatic heterocycles. The number of aryl methyl sites for hydroxylation is 1. The first-order valence-electron chi connectivity index (χ1n) is 10.3. The van der Waals surface area contributed by atoms with Gasteiger partial charge in [-0.1, -0.05) is 12.1 Å². The molecule has 0 unspecified atom stereocenters. The summed E-state index contributed by atoms with van der Waals surface area (Å²) in [6.45, 7) is 8.82. The fourth-order valence-corrected chi connectivity index (χ4v) is 3.89. The molecule has 0 atom stereocenters. The van der Waals surface area contributed by atoms with Crippen LogP contribution in [-0.4, -0.2) is 43.2 Å². The standard InChI is InChI=1S/C23H29N3O3/c1-16-5-4-6-21(24-16)26-11-9-18(10-12-26)25-22(27)23(2,3)17-7-8-19-20(15-17)29-14-13-28-19/h4-8,15,18H,9-14H2,1-3H3,(H,25,27). The van der Waals surface area contributed by atoms with Crippen LogP contribution in [0.15, 0.2) is 36.4 Å². The van der Waals surface area contributed by atoms with Gasteiger partial charge in [-0.05, 0) is 63.4 Å². The van der Waals surface area contributed by atoms with E-state index in [4.69, 9.17) is 9.47 Å². The summed E-state index contributed by atoms with van der Waals surface area (Å²) in [6, 6.07) is 12.1. The summed E-state index contributed by atoms with van der Waals surface area (Å²) in [6.07, 6.45) is 1.83. The molecule has 1 amide bonds. The number of carbonyl (C=O) groups excluding carboxylic acids is 1. The topological polar surface area (TPSA) is 63.7 Å². The molecule has 2 aromatic rings. The Labute approximate surface area is 172 Å². The Morgan fingerprint density at radius 2 is 1.83 bits per heavy atom. The van der Waals surface area contributed by atoms with Gasteiger partial charge >= 0.3 is 0 Å². The number of carbonyl (C=O) groups is 1. The van der Waals surface area contributed by atoms with Gasteiger partial charge in [0.15, 0.2) is 11.5 Å². The molecule has 1 aromatic carbocycles. The normalized spacial score (nSPS) is 17.1. The van der Waals surface area contributed by atoms with Gasteiger partial charge in [-0.2, -0.15) is 0 Å². The number of piperidine rings is 1. The van der Waals surface area contributed by atoms with Gasteiger partial charge in [0.1, 0.15) is 19.0 Å². The van der Waals surface area contributed by atoms with Crippen molar-refractivity contribution in [2.45, 2.75) is 45.1 Å². The summed E-state index contributed by atoms with van der Waals surface area (Å²) in [5.74, 6) is 2.52. The minimum absolute atomic E-state index is 0.0429. The lowest BCUT2D eigenvalue weighted by atomic mass is 9.83. The maximum atomic E-state index is 13.1. The molecular weight excluding hydrogens is 366 g/mol. The molecule has 2 aliphatic heterocycles. The zero-order chi connectivity index (χ0) is 20.4. The van der Waals surface area contributed by atoms with Crippen molar-refractivity contribution in [3.05, 3.63) is 47.7 Å². The minimum Gasteiger partial charge on any atom is -0.486 e. The summed E-state index contributed by atoms with van der Waals surface area (Å²) in [4.78, 5) is 20.0. The highest BCUT2D eigenvalue weighted by Gasteiger charge is 2.33. The van der Waals surface area contributed by atoms with Crippen molar-refractivity contribution >= 4 is 11.7 Å². The molecule has 1 saturated heterocycles. The maximum absolute atomic E-state index is 13.1. The van der Waals surface area contributed by atoms with Crippen LogP contribution in [0.2, 0.25) is 0 Å². The van der Waals surface area contributed by atoms with Crippen molar-refractivity contribution in [2.75, 3.05) is 31.2 Å². The van der Waals surface area contributed by atoms with Crippen LogP contribution in [0.3, 0.4) is 0 Å². The van der Waals surface area contributed by atoms with Crippen LogP contribution in [0.1, 0.15) is 37.9 Å². The fourth-order valence-electron chi connectivity index (χ4n) is 3.89.